The molecule has 1 aliphatic heterocycles. The first kappa shape index (κ1) is 9.43. The lowest BCUT2D eigenvalue weighted by molar-refractivity contribution is 0.222. The van der Waals surface area contributed by atoms with E-state index in [-0.39, 0.29) is 0 Å². The van der Waals surface area contributed by atoms with Gasteiger partial charge in [0.15, 0.2) is 0 Å². The fourth-order valence-electron chi connectivity index (χ4n) is 1.62. The first-order valence-corrected chi connectivity index (χ1v) is 4.77. The van der Waals surface area contributed by atoms with Gasteiger partial charge in [-0.25, -0.2) is 0 Å². The molecule has 0 aromatic heterocycles. The lowest BCUT2D eigenvalue weighted by Crippen LogP contribution is -2.29. The summed E-state index contributed by atoms with van der Waals surface area (Å²) in [5.41, 5.74) is 1.24. The predicted molar refractivity (Wildman–Crippen MR) is 50.8 cm³/mol. The summed E-state index contributed by atoms with van der Waals surface area (Å²) in [6.45, 7) is 5.21. The van der Waals surface area contributed by atoms with Crippen LogP contribution in [0.25, 0.3) is 0 Å². The molecule has 1 heterocycles. The van der Waals surface area contributed by atoms with Crippen LogP contribution in [0.3, 0.4) is 0 Å². The predicted octanol–water partition coefficient (Wildman–Crippen LogP) is 2.37. The number of nitrogens with zero attached hydrogens (tertiary/aromatic N) is 1. The van der Waals surface area contributed by atoms with Gasteiger partial charge in [0.25, 0.3) is 0 Å². The van der Waals surface area contributed by atoms with Crippen LogP contribution in [0.5, 0.6) is 0 Å². The zero-order valence-electron chi connectivity index (χ0n) is 8.34. The molecule has 0 amide bonds. The fraction of sp³-hybridized carbons (Fsp3) is 0.800. The highest BCUT2D eigenvalue weighted by molar-refractivity contribution is 4.96. The van der Waals surface area contributed by atoms with Gasteiger partial charge in [-0.2, -0.15) is 0 Å². The molecule has 0 bridgehead atoms. The van der Waals surface area contributed by atoms with Crippen LogP contribution in [-0.4, -0.2) is 24.6 Å². The molecular formula is C10H19NO. The molecule has 0 aromatic rings. The Morgan fingerprint density at radius 2 is 2.42 bits per heavy atom. The van der Waals surface area contributed by atoms with E-state index < -0.39 is 0 Å². The van der Waals surface area contributed by atoms with Crippen molar-refractivity contribution >= 4 is 0 Å². The maximum Gasteiger partial charge on any atom is 0.102 e. The van der Waals surface area contributed by atoms with Crippen molar-refractivity contribution in [3.63, 3.8) is 0 Å². The Hall–Kier alpha value is -0.660. The van der Waals surface area contributed by atoms with Gasteiger partial charge in [0, 0.05) is 25.2 Å². The van der Waals surface area contributed by atoms with Crippen molar-refractivity contribution in [2.75, 3.05) is 13.7 Å². The zero-order chi connectivity index (χ0) is 8.97. The topological polar surface area (TPSA) is 12.5 Å². The molecule has 0 spiro atoms. The Bertz CT molecular complexity index is 165. The molecule has 0 fully saturated rings. The first-order valence-electron chi connectivity index (χ1n) is 4.77. The van der Waals surface area contributed by atoms with Gasteiger partial charge in [-0.3, -0.25) is 0 Å². The molecule has 0 saturated carbocycles. The average molecular weight is 169 g/mol. The summed E-state index contributed by atoms with van der Waals surface area (Å²) >= 11 is 0. The summed E-state index contributed by atoms with van der Waals surface area (Å²) in [5, 5.41) is 0. The molecule has 70 valence electrons. The van der Waals surface area contributed by atoms with E-state index in [1.54, 1.807) is 0 Å². The van der Waals surface area contributed by atoms with E-state index in [0.717, 1.165) is 13.0 Å². The van der Waals surface area contributed by atoms with E-state index in [4.69, 9.17) is 4.74 Å². The molecule has 2 nitrogen and oxygen atoms in total. The molecule has 2 heteroatoms. The van der Waals surface area contributed by atoms with Gasteiger partial charge in [0.2, 0.25) is 0 Å². The van der Waals surface area contributed by atoms with E-state index in [0.29, 0.717) is 6.04 Å². The van der Waals surface area contributed by atoms with Crippen LogP contribution in [0.2, 0.25) is 0 Å². The van der Waals surface area contributed by atoms with E-state index in [9.17, 15) is 0 Å². The van der Waals surface area contributed by atoms with Crippen molar-refractivity contribution < 1.29 is 4.74 Å². The molecule has 1 rings (SSSR count). The smallest absolute Gasteiger partial charge is 0.102 e. The van der Waals surface area contributed by atoms with E-state index >= 15 is 0 Å². The number of hydrogen-bond donors (Lipinski definition) is 0. The summed E-state index contributed by atoms with van der Waals surface area (Å²) in [5.74, 6) is 0. The fourth-order valence-corrected chi connectivity index (χ4v) is 1.62. The number of allylic oxidation sites excluding steroid dienone is 1. The number of ether oxygens (including phenoxy) is 1. The quantitative estimate of drug-likeness (QED) is 0.629. The lowest BCUT2D eigenvalue weighted by atomic mass is 10.1. The second kappa shape index (κ2) is 4.39. The third kappa shape index (κ3) is 2.16. The average Bonchev–Trinajstić information content (AvgIpc) is 2.20. The highest BCUT2D eigenvalue weighted by Gasteiger charge is 2.16. The monoisotopic (exact) mass is 169 g/mol. The van der Waals surface area contributed by atoms with Crippen LogP contribution in [-0.2, 0) is 4.74 Å². The second-order valence-corrected chi connectivity index (χ2v) is 3.47. The Balaban J connectivity index is 2.56. The van der Waals surface area contributed by atoms with Crippen LogP contribution in [0.15, 0.2) is 12.0 Å². The Labute approximate surface area is 75.2 Å². The summed E-state index contributed by atoms with van der Waals surface area (Å²) in [6.07, 6.45) is 5.54. The maximum absolute atomic E-state index is 5.35. The van der Waals surface area contributed by atoms with Crippen LogP contribution in [0.1, 0.15) is 33.1 Å². The molecule has 0 aromatic carbocycles. The summed E-state index contributed by atoms with van der Waals surface area (Å²) in [6, 6.07) is 0.675. The molecule has 1 atom stereocenters. The van der Waals surface area contributed by atoms with Gasteiger partial charge < -0.3 is 9.64 Å². The first-order chi connectivity index (χ1) is 5.75. The van der Waals surface area contributed by atoms with Crippen LogP contribution in [0.4, 0.5) is 0 Å². The minimum Gasteiger partial charge on any atom is -0.499 e. The Morgan fingerprint density at radius 1 is 1.67 bits per heavy atom. The molecular weight excluding hydrogens is 150 g/mol. The molecule has 0 radical (unpaired) electrons. The zero-order valence-corrected chi connectivity index (χ0v) is 8.34. The van der Waals surface area contributed by atoms with E-state index in [1.807, 2.05) is 6.26 Å². The third-order valence-corrected chi connectivity index (χ3v) is 2.55. The molecule has 12 heavy (non-hydrogen) atoms. The highest BCUT2D eigenvalue weighted by atomic mass is 16.5. The van der Waals surface area contributed by atoms with Crippen LogP contribution in [0, 0.1) is 0 Å². The molecule has 0 aliphatic carbocycles. The van der Waals surface area contributed by atoms with Crippen molar-refractivity contribution in [3.8, 4) is 0 Å². The minimum atomic E-state index is 0.675. The van der Waals surface area contributed by atoms with Crippen molar-refractivity contribution in [3.05, 3.63) is 12.0 Å². The van der Waals surface area contributed by atoms with Gasteiger partial charge in [-0.05, 0) is 13.3 Å². The van der Waals surface area contributed by atoms with Crippen molar-refractivity contribution in [1.82, 2.24) is 4.90 Å². The highest BCUT2D eigenvalue weighted by Crippen LogP contribution is 2.17. The standard InChI is InChI=1S/C10H19NO/c1-4-5-10-6-7-12-8-9(2)11(10)3/h8,10H,4-7H2,1-3H3. The van der Waals surface area contributed by atoms with Crippen molar-refractivity contribution in [2.24, 2.45) is 0 Å². The molecule has 0 N–H and O–H groups in total. The minimum absolute atomic E-state index is 0.675. The number of rotatable bonds is 2. The SMILES string of the molecule is CCCC1CCOC=C(C)N1C. The largest absolute Gasteiger partial charge is 0.499 e. The number of hydrogen-bond acceptors (Lipinski definition) is 2. The lowest BCUT2D eigenvalue weighted by Gasteiger charge is -2.27. The van der Waals surface area contributed by atoms with Gasteiger partial charge in [0.05, 0.1) is 6.61 Å². The summed E-state index contributed by atoms with van der Waals surface area (Å²) < 4.78 is 5.35. The molecule has 1 aliphatic rings. The van der Waals surface area contributed by atoms with E-state index in [1.165, 1.54) is 18.5 Å². The van der Waals surface area contributed by atoms with Crippen LogP contribution >= 0.6 is 0 Å². The maximum atomic E-state index is 5.35. The summed E-state index contributed by atoms with van der Waals surface area (Å²) in [4.78, 5) is 2.33. The Morgan fingerprint density at radius 3 is 3.08 bits per heavy atom. The molecule has 1 unspecified atom stereocenters. The van der Waals surface area contributed by atoms with E-state index in [2.05, 4.69) is 25.8 Å². The third-order valence-electron chi connectivity index (χ3n) is 2.55. The summed E-state index contributed by atoms with van der Waals surface area (Å²) in [7, 11) is 2.15. The Kier molecular flexibility index (Phi) is 3.45. The normalized spacial score (nSPS) is 24.4. The van der Waals surface area contributed by atoms with Crippen molar-refractivity contribution in [2.45, 2.75) is 39.2 Å². The molecule has 0 saturated heterocycles. The van der Waals surface area contributed by atoms with Crippen LogP contribution < -0.4 is 0 Å². The van der Waals surface area contributed by atoms with Gasteiger partial charge in [0.1, 0.15) is 6.26 Å². The van der Waals surface area contributed by atoms with Gasteiger partial charge >= 0.3 is 0 Å². The second-order valence-electron chi connectivity index (χ2n) is 3.47. The van der Waals surface area contributed by atoms with Crippen molar-refractivity contribution in [1.29, 1.82) is 0 Å². The van der Waals surface area contributed by atoms with Gasteiger partial charge in [-0.1, -0.05) is 13.3 Å². The van der Waals surface area contributed by atoms with Gasteiger partial charge in [-0.15, -0.1) is 0 Å².